The molecule has 1 heterocycles. The molecule has 0 aromatic heterocycles. The topological polar surface area (TPSA) is 270 Å². The van der Waals surface area contributed by atoms with Crippen LogP contribution < -0.4 is 5.32 Å². The molecule has 342 valence electrons. The fourth-order valence-corrected chi connectivity index (χ4v) is 9.98. The van der Waals surface area contributed by atoms with E-state index < -0.39 is 113 Å². The first kappa shape index (κ1) is 47.6. The predicted molar refractivity (Wildman–Crippen MR) is 225 cm³/mol. The van der Waals surface area contributed by atoms with E-state index in [2.05, 4.69) is 15.3 Å². The van der Waals surface area contributed by atoms with E-state index in [-0.39, 0.29) is 41.8 Å². The summed E-state index contributed by atoms with van der Waals surface area (Å²) in [5.74, 6) is -7.10. The van der Waals surface area contributed by atoms with Gasteiger partial charge in [-0.25, -0.2) is 9.59 Å². The molecule has 1 saturated heterocycles. The molecule has 0 spiro atoms. The van der Waals surface area contributed by atoms with Crippen molar-refractivity contribution in [3.05, 3.63) is 99.0 Å². The minimum Gasteiger partial charge on any atom is -0.456 e. The van der Waals surface area contributed by atoms with Gasteiger partial charge in [-0.2, -0.15) is 0 Å². The van der Waals surface area contributed by atoms with Crippen LogP contribution in [0, 0.1) is 16.7 Å². The van der Waals surface area contributed by atoms with Gasteiger partial charge in [0.1, 0.15) is 23.9 Å². The van der Waals surface area contributed by atoms with Crippen molar-refractivity contribution in [3.63, 3.8) is 0 Å². The van der Waals surface area contributed by atoms with Crippen LogP contribution in [-0.4, -0.2) is 105 Å². The normalized spacial score (nSPS) is 31.4. The summed E-state index contributed by atoms with van der Waals surface area (Å²) in [4.78, 5) is 86.7. The fourth-order valence-electron chi connectivity index (χ4n) is 9.98. The van der Waals surface area contributed by atoms with Gasteiger partial charge in [0.05, 0.1) is 35.6 Å². The van der Waals surface area contributed by atoms with E-state index in [9.17, 15) is 39.3 Å². The number of hydrogen-bond acceptors (Lipinski definition) is 15. The molecule has 3 fully saturated rings. The summed E-state index contributed by atoms with van der Waals surface area (Å²) in [5.41, 5.74) is 1.60. The summed E-state index contributed by atoms with van der Waals surface area (Å²) in [5, 5.41) is 43.9. The molecule has 1 unspecified atom stereocenters. The summed E-state index contributed by atoms with van der Waals surface area (Å²) < 4.78 is 30.4. The number of hydrogen-bond donors (Lipinski definition) is 4. The largest absolute Gasteiger partial charge is 0.456 e. The zero-order valence-electron chi connectivity index (χ0n) is 36.9. The molecule has 2 aromatic carbocycles. The lowest BCUT2D eigenvalue weighted by Crippen LogP contribution is -2.82. The molecular weight excluding hydrogens is 833 g/mol. The molecule has 64 heavy (non-hydrogen) atoms. The first-order chi connectivity index (χ1) is 30.1. The number of Topliss-reactive ketones (excluding diaryl/α,β-unsaturated/α-hetero) is 1. The number of fused-ring (bicyclic) bond motifs is 5. The molecule has 11 atom stereocenters. The van der Waals surface area contributed by atoms with Gasteiger partial charge in [-0.1, -0.05) is 74.4 Å². The number of azide groups is 1. The Balaban J connectivity index is 1.58. The number of aliphatic hydroxyl groups excluding tert-OH is 2. The Morgan fingerprint density at radius 1 is 1.05 bits per heavy atom. The van der Waals surface area contributed by atoms with E-state index >= 15 is 4.79 Å². The van der Waals surface area contributed by atoms with Crippen molar-refractivity contribution >= 4 is 41.3 Å². The average Bonchev–Trinajstić information content (AvgIpc) is 3.26. The Morgan fingerprint density at radius 2 is 1.73 bits per heavy atom. The van der Waals surface area contributed by atoms with Crippen molar-refractivity contribution in [2.24, 2.45) is 21.9 Å². The van der Waals surface area contributed by atoms with Crippen LogP contribution in [0.2, 0.25) is 0 Å². The van der Waals surface area contributed by atoms with Gasteiger partial charge in [-0.05, 0) is 62.1 Å². The molecule has 6 rings (SSSR count). The molecule has 0 radical (unpaired) electrons. The number of amides is 1. The number of ketones is 1. The third-order valence-electron chi connectivity index (χ3n) is 13.7. The second kappa shape index (κ2) is 17.9. The molecule has 2 saturated carbocycles. The smallest absolute Gasteiger partial charge is 0.338 e. The zero-order chi connectivity index (χ0) is 47.1. The Labute approximate surface area is 369 Å². The number of benzene rings is 2. The monoisotopic (exact) mass is 886 g/mol. The third-order valence-corrected chi connectivity index (χ3v) is 13.7. The van der Waals surface area contributed by atoms with Gasteiger partial charge >= 0.3 is 23.9 Å². The third kappa shape index (κ3) is 7.98. The lowest BCUT2D eigenvalue weighted by Gasteiger charge is -2.67. The van der Waals surface area contributed by atoms with Crippen LogP contribution in [-0.2, 0) is 47.7 Å². The van der Waals surface area contributed by atoms with E-state index in [4.69, 9.17) is 29.2 Å². The lowest BCUT2D eigenvalue weighted by molar-refractivity contribution is -0.346. The minimum absolute atomic E-state index is 0.0382. The molecule has 18 heteroatoms. The SMILES string of the molecule is C/C=C(\C)C(=O)N[C@@H](c1ccccc1)[C@@H](O)C(=O)O[C@H]1C[C@@]2(O)[C@@H](OC(=O)c3cccc(N=[N+]=[N-])c3)C3[C@](C)(C(=O)[C@H](OC(=O)CC)C(=C1C)C2(C)C)[C@@H](O)C[C@H]1OC[C@@]31OC(C)=O. The van der Waals surface area contributed by atoms with Gasteiger partial charge in [0, 0.05) is 47.8 Å². The van der Waals surface area contributed by atoms with Crippen molar-refractivity contribution in [2.45, 2.75) is 129 Å². The molecule has 1 aliphatic heterocycles. The Bertz CT molecular complexity index is 2340. The maximum Gasteiger partial charge on any atom is 0.338 e. The molecule has 4 N–H and O–H groups in total. The van der Waals surface area contributed by atoms with Crippen LogP contribution in [0.25, 0.3) is 10.4 Å². The number of esters is 4. The van der Waals surface area contributed by atoms with Crippen LogP contribution in [0.4, 0.5) is 5.69 Å². The Hall–Kier alpha value is -5.91. The summed E-state index contributed by atoms with van der Waals surface area (Å²) in [6.45, 7) is 11.4. The lowest BCUT2D eigenvalue weighted by atomic mass is 9.44. The maximum atomic E-state index is 15.6. The van der Waals surface area contributed by atoms with Gasteiger partial charge < -0.3 is 44.3 Å². The molecule has 2 aromatic rings. The summed E-state index contributed by atoms with van der Waals surface area (Å²) >= 11 is 0. The second-order valence-electron chi connectivity index (χ2n) is 17.6. The predicted octanol–water partition coefficient (Wildman–Crippen LogP) is 4.72. The Kier molecular flexibility index (Phi) is 13.3. The number of carbonyl (C=O) groups is 6. The van der Waals surface area contributed by atoms with Crippen LogP contribution in [0.1, 0.15) is 96.6 Å². The van der Waals surface area contributed by atoms with E-state index in [1.54, 1.807) is 50.3 Å². The zero-order valence-corrected chi connectivity index (χ0v) is 36.9. The van der Waals surface area contributed by atoms with Crippen molar-refractivity contribution in [2.75, 3.05) is 6.61 Å². The first-order valence-corrected chi connectivity index (χ1v) is 21.0. The molecular formula is C46H54N4O14. The summed E-state index contributed by atoms with van der Waals surface area (Å²) in [6, 6.07) is 12.3. The number of allylic oxidation sites excluding steroid dienone is 1. The summed E-state index contributed by atoms with van der Waals surface area (Å²) in [6.07, 6.45) is -9.56. The highest BCUT2D eigenvalue weighted by molar-refractivity contribution is 5.96. The minimum atomic E-state index is -2.47. The van der Waals surface area contributed by atoms with E-state index in [0.29, 0.717) is 11.1 Å². The molecule has 1 amide bonds. The van der Waals surface area contributed by atoms with Gasteiger partial charge in [-0.15, -0.1) is 0 Å². The van der Waals surface area contributed by atoms with Crippen LogP contribution in [0.3, 0.4) is 0 Å². The molecule has 2 bridgehead atoms. The highest BCUT2D eigenvalue weighted by Gasteiger charge is 2.78. The number of rotatable bonds is 12. The number of ether oxygens (including phenoxy) is 5. The van der Waals surface area contributed by atoms with Crippen molar-refractivity contribution in [1.29, 1.82) is 0 Å². The van der Waals surface area contributed by atoms with E-state index in [1.165, 1.54) is 58.9 Å². The van der Waals surface area contributed by atoms with Gasteiger partial charge in [0.15, 0.2) is 23.6 Å². The Morgan fingerprint density at radius 3 is 2.33 bits per heavy atom. The van der Waals surface area contributed by atoms with Crippen LogP contribution in [0.15, 0.2) is 82.5 Å². The van der Waals surface area contributed by atoms with Gasteiger partial charge in [0.25, 0.3) is 0 Å². The van der Waals surface area contributed by atoms with Gasteiger partial charge in [0.2, 0.25) is 5.91 Å². The average molecular weight is 887 g/mol. The van der Waals surface area contributed by atoms with Gasteiger partial charge in [-0.3, -0.25) is 19.2 Å². The number of nitrogens with one attached hydrogen (secondary N) is 1. The fraction of sp³-hybridized carbons (Fsp3) is 0.522. The quantitative estimate of drug-likeness (QED) is 0.0427. The standard InChI is InChI=1S/C46H54N4O14/c1-9-23(3)40(56)48-34(26-15-12-11-13-16-26)35(54)42(58)61-29-21-46(59)39(63-41(57)27-17-14-18-28(19-27)49-50-47)37-44(8,30(52)20-31-45(37,22-60-31)64-25(5)51)38(55)36(62-32(53)10-2)33(24(29)4)43(46,6)7/h9,11-19,29-31,34-37,39,52,54,59H,10,20-22H2,1-8H3,(H,48,56)/b23-9+/t29-,30-,31+,34-,35+,36+,37?,39-,44+,45-,46+/m0/s1. The number of aliphatic hydroxyl groups is 3. The van der Waals surface area contributed by atoms with Crippen molar-refractivity contribution in [3.8, 4) is 0 Å². The van der Waals surface area contributed by atoms with Crippen molar-refractivity contribution in [1.82, 2.24) is 5.32 Å². The molecule has 3 aliphatic carbocycles. The second-order valence-corrected chi connectivity index (χ2v) is 17.6. The van der Waals surface area contributed by atoms with Crippen molar-refractivity contribution < 1.29 is 67.8 Å². The highest BCUT2D eigenvalue weighted by Crippen LogP contribution is 2.64. The van der Waals surface area contributed by atoms with E-state index in [0.717, 1.165) is 6.92 Å². The van der Waals surface area contributed by atoms with Crippen LogP contribution in [0.5, 0.6) is 0 Å². The molecule has 18 nitrogen and oxygen atoms in total. The van der Waals surface area contributed by atoms with Crippen LogP contribution >= 0.6 is 0 Å². The summed E-state index contributed by atoms with van der Waals surface area (Å²) in [7, 11) is 0. The maximum absolute atomic E-state index is 15.6. The first-order valence-electron chi connectivity index (χ1n) is 21.0. The highest BCUT2D eigenvalue weighted by atomic mass is 16.6. The number of carbonyl (C=O) groups excluding carboxylic acids is 6. The number of nitrogens with zero attached hydrogens (tertiary/aromatic N) is 3. The van der Waals surface area contributed by atoms with E-state index in [1.807, 2.05) is 0 Å². The molecule has 4 aliphatic rings.